The number of alkyl halides is 1. The Kier molecular flexibility index (Phi) is 5.14. The van der Waals surface area contributed by atoms with Crippen molar-refractivity contribution in [2.24, 2.45) is 0 Å². The summed E-state index contributed by atoms with van der Waals surface area (Å²) in [7, 11) is 1.56. The molecule has 6 heteroatoms. The van der Waals surface area contributed by atoms with Gasteiger partial charge in [-0.25, -0.2) is 0 Å². The van der Waals surface area contributed by atoms with Crippen LogP contribution in [0.2, 0.25) is 0 Å². The van der Waals surface area contributed by atoms with E-state index < -0.39 is 6.04 Å². The van der Waals surface area contributed by atoms with E-state index in [0.717, 1.165) is 10.9 Å². The molecule has 1 atom stereocenters. The number of benzene rings is 1. The van der Waals surface area contributed by atoms with E-state index >= 15 is 0 Å². The molecule has 0 aromatic heterocycles. The van der Waals surface area contributed by atoms with Crippen molar-refractivity contribution in [3.63, 3.8) is 0 Å². The number of nitrogens with one attached hydrogen (secondary N) is 1. The predicted octanol–water partition coefficient (Wildman–Crippen LogP) is 1.17. The summed E-state index contributed by atoms with van der Waals surface area (Å²) < 4.78 is 5.30. The molecule has 1 aliphatic rings. The van der Waals surface area contributed by atoms with Crippen molar-refractivity contribution in [2.45, 2.75) is 11.4 Å². The van der Waals surface area contributed by atoms with Gasteiger partial charge in [0.05, 0.1) is 13.2 Å². The van der Waals surface area contributed by atoms with Crippen LogP contribution in [0.25, 0.3) is 0 Å². The van der Waals surface area contributed by atoms with Crippen molar-refractivity contribution < 1.29 is 14.3 Å². The zero-order valence-electron chi connectivity index (χ0n) is 11.3. The van der Waals surface area contributed by atoms with Crippen LogP contribution in [0.5, 0.6) is 0 Å². The monoisotopic (exact) mass is 340 g/mol. The molecule has 1 aliphatic heterocycles. The van der Waals surface area contributed by atoms with Crippen molar-refractivity contribution in [2.75, 3.05) is 26.8 Å². The van der Waals surface area contributed by atoms with Gasteiger partial charge in [-0.3, -0.25) is 9.59 Å². The molecule has 1 aromatic carbocycles. The van der Waals surface area contributed by atoms with Gasteiger partial charge < -0.3 is 15.0 Å². The highest BCUT2D eigenvalue weighted by Gasteiger charge is 2.32. The van der Waals surface area contributed by atoms with Gasteiger partial charge in [0.15, 0.2) is 0 Å². The molecule has 1 unspecified atom stereocenters. The second-order valence-electron chi connectivity index (χ2n) is 4.53. The van der Waals surface area contributed by atoms with E-state index in [1.54, 1.807) is 24.1 Å². The molecule has 2 rings (SSSR count). The van der Waals surface area contributed by atoms with Crippen LogP contribution in [0, 0.1) is 0 Å². The van der Waals surface area contributed by atoms with Gasteiger partial charge in [-0.15, -0.1) is 0 Å². The van der Waals surface area contributed by atoms with Crippen LogP contribution in [0.4, 0.5) is 0 Å². The van der Waals surface area contributed by atoms with E-state index in [9.17, 15) is 9.59 Å². The molecule has 5 nitrogen and oxygen atoms in total. The van der Waals surface area contributed by atoms with Crippen LogP contribution >= 0.6 is 15.9 Å². The van der Waals surface area contributed by atoms with Gasteiger partial charge in [0, 0.05) is 24.5 Å². The average Bonchev–Trinajstić information content (AvgIpc) is 2.53. The van der Waals surface area contributed by atoms with E-state index in [0.29, 0.717) is 18.7 Å². The molecule has 1 saturated heterocycles. The third-order valence-electron chi connectivity index (χ3n) is 3.29. The molecule has 1 aromatic rings. The lowest BCUT2D eigenvalue weighted by Crippen LogP contribution is -2.55. The van der Waals surface area contributed by atoms with Crippen LogP contribution in [-0.4, -0.2) is 49.6 Å². The van der Waals surface area contributed by atoms with Crippen LogP contribution in [0.1, 0.15) is 15.9 Å². The summed E-state index contributed by atoms with van der Waals surface area (Å²) >= 11 is 3.37. The molecule has 2 amide bonds. The molecule has 0 aliphatic carbocycles. The predicted molar refractivity (Wildman–Crippen MR) is 78.8 cm³/mol. The molecule has 0 radical (unpaired) electrons. The molecular formula is C14H17BrN2O3. The maximum atomic E-state index is 12.5. The number of carbonyl (C=O) groups is 2. The first-order valence-electron chi connectivity index (χ1n) is 6.42. The molecule has 1 heterocycles. The third kappa shape index (κ3) is 3.19. The number of rotatable bonds is 3. The topological polar surface area (TPSA) is 58.6 Å². The number of hydrogen-bond acceptors (Lipinski definition) is 3. The second kappa shape index (κ2) is 6.85. The van der Waals surface area contributed by atoms with Crippen LogP contribution in [0.15, 0.2) is 24.3 Å². The fraction of sp³-hybridized carbons (Fsp3) is 0.429. The standard InChI is InChI=1S/C14H17BrN2O3/c1-16-13(18)12-9-20-7-6-17(12)14(19)11-4-2-10(8-15)3-5-11/h2-5,12H,6-9H2,1H3,(H,16,18). The van der Waals surface area contributed by atoms with Gasteiger partial charge in [0.2, 0.25) is 5.91 Å². The summed E-state index contributed by atoms with van der Waals surface area (Å²) in [6, 6.07) is 6.82. The summed E-state index contributed by atoms with van der Waals surface area (Å²) in [5.74, 6) is -0.335. The molecule has 1 N–H and O–H groups in total. The summed E-state index contributed by atoms with van der Waals surface area (Å²) in [4.78, 5) is 25.9. The zero-order valence-corrected chi connectivity index (χ0v) is 12.9. The SMILES string of the molecule is CNC(=O)C1COCCN1C(=O)c1ccc(CBr)cc1. The van der Waals surface area contributed by atoms with Gasteiger partial charge in [0.1, 0.15) is 6.04 Å². The summed E-state index contributed by atoms with van der Waals surface area (Å²) in [5, 5.41) is 3.32. The Labute approximate surface area is 126 Å². The molecule has 1 fully saturated rings. The first kappa shape index (κ1) is 15.0. The number of carbonyl (C=O) groups excluding carboxylic acids is 2. The highest BCUT2D eigenvalue weighted by molar-refractivity contribution is 9.08. The van der Waals surface area contributed by atoms with E-state index in [-0.39, 0.29) is 18.4 Å². The van der Waals surface area contributed by atoms with Gasteiger partial charge >= 0.3 is 0 Å². The number of likely N-dealkylation sites (N-methyl/N-ethyl adjacent to an activating group) is 1. The normalized spacial score (nSPS) is 18.7. The van der Waals surface area contributed by atoms with Crippen molar-refractivity contribution in [1.29, 1.82) is 0 Å². The van der Waals surface area contributed by atoms with Crippen LogP contribution < -0.4 is 5.32 Å². The van der Waals surface area contributed by atoms with Crippen molar-refractivity contribution >= 4 is 27.7 Å². The minimum Gasteiger partial charge on any atom is -0.377 e. The number of halogens is 1. The van der Waals surface area contributed by atoms with E-state index in [1.807, 2.05) is 12.1 Å². The maximum Gasteiger partial charge on any atom is 0.254 e. The van der Waals surface area contributed by atoms with Gasteiger partial charge in [-0.1, -0.05) is 28.1 Å². The number of amides is 2. The Morgan fingerprint density at radius 3 is 2.70 bits per heavy atom. The fourth-order valence-electron chi connectivity index (χ4n) is 2.13. The maximum absolute atomic E-state index is 12.5. The van der Waals surface area contributed by atoms with Gasteiger partial charge in [0.25, 0.3) is 5.91 Å². The highest BCUT2D eigenvalue weighted by Crippen LogP contribution is 2.14. The van der Waals surface area contributed by atoms with Gasteiger partial charge in [-0.2, -0.15) is 0 Å². The average molecular weight is 341 g/mol. The summed E-state index contributed by atoms with van der Waals surface area (Å²) in [6.07, 6.45) is 0. The van der Waals surface area contributed by atoms with E-state index in [1.165, 1.54) is 0 Å². The Bertz CT molecular complexity index is 490. The quantitative estimate of drug-likeness (QED) is 0.840. The molecule has 0 bridgehead atoms. The smallest absolute Gasteiger partial charge is 0.254 e. The largest absolute Gasteiger partial charge is 0.377 e. The number of morpholine rings is 1. The molecule has 20 heavy (non-hydrogen) atoms. The first-order valence-corrected chi connectivity index (χ1v) is 7.54. The van der Waals surface area contributed by atoms with Crippen LogP contribution in [0.3, 0.4) is 0 Å². The summed E-state index contributed by atoms with van der Waals surface area (Å²) in [6.45, 7) is 1.13. The minimum atomic E-state index is -0.558. The lowest BCUT2D eigenvalue weighted by Gasteiger charge is -2.34. The zero-order chi connectivity index (χ0) is 14.5. The van der Waals surface area contributed by atoms with E-state index in [4.69, 9.17) is 4.74 Å². The van der Waals surface area contributed by atoms with Crippen molar-refractivity contribution in [3.8, 4) is 0 Å². The second-order valence-corrected chi connectivity index (χ2v) is 5.09. The Hall–Kier alpha value is -1.40. The summed E-state index contributed by atoms with van der Waals surface area (Å²) in [5.41, 5.74) is 1.69. The lowest BCUT2D eigenvalue weighted by molar-refractivity contribution is -0.130. The van der Waals surface area contributed by atoms with E-state index in [2.05, 4.69) is 21.2 Å². The molecular weight excluding hydrogens is 324 g/mol. The molecule has 0 saturated carbocycles. The van der Waals surface area contributed by atoms with Crippen molar-refractivity contribution in [1.82, 2.24) is 10.2 Å². The van der Waals surface area contributed by atoms with Gasteiger partial charge in [-0.05, 0) is 17.7 Å². The highest BCUT2D eigenvalue weighted by atomic mass is 79.9. The Morgan fingerprint density at radius 1 is 1.40 bits per heavy atom. The fourth-order valence-corrected chi connectivity index (χ4v) is 2.51. The van der Waals surface area contributed by atoms with Crippen molar-refractivity contribution in [3.05, 3.63) is 35.4 Å². The van der Waals surface area contributed by atoms with Crippen LogP contribution in [-0.2, 0) is 14.9 Å². The Morgan fingerprint density at radius 2 is 2.10 bits per heavy atom. The number of hydrogen-bond donors (Lipinski definition) is 1. The Balaban J connectivity index is 2.18. The number of ether oxygens (including phenoxy) is 1. The molecule has 108 valence electrons. The minimum absolute atomic E-state index is 0.136. The lowest BCUT2D eigenvalue weighted by atomic mass is 10.1. The third-order valence-corrected chi connectivity index (χ3v) is 3.94. The first-order chi connectivity index (χ1) is 9.67. The molecule has 0 spiro atoms. The number of nitrogens with zero attached hydrogens (tertiary/aromatic N) is 1.